The Hall–Kier alpha value is -2.00. The Morgan fingerprint density at radius 3 is 2.71 bits per heavy atom. The molecule has 21 heavy (non-hydrogen) atoms. The molecule has 0 aliphatic rings. The molecular formula is C17H18ClNO2. The predicted molar refractivity (Wildman–Crippen MR) is 87.3 cm³/mol. The molecule has 2 aromatic rings. The molecule has 0 fully saturated rings. The van der Waals surface area contributed by atoms with Gasteiger partial charge in [-0.25, -0.2) is 0 Å². The summed E-state index contributed by atoms with van der Waals surface area (Å²) in [5.41, 5.74) is 2.37. The SMILES string of the molecule is C=CCOc1ccc(-c2ccc(C)c(=O)n2CC)c(Cl)c1. The highest BCUT2D eigenvalue weighted by Crippen LogP contribution is 2.30. The van der Waals surface area contributed by atoms with Crippen LogP contribution in [0, 0.1) is 6.92 Å². The van der Waals surface area contributed by atoms with Crippen LogP contribution in [-0.2, 0) is 6.54 Å². The largest absolute Gasteiger partial charge is 0.490 e. The Morgan fingerprint density at radius 2 is 2.10 bits per heavy atom. The summed E-state index contributed by atoms with van der Waals surface area (Å²) in [6.07, 6.45) is 1.68. The van der Waals surface area contributed by atoms with E-state index in [0.717, 1.165) is 16.8 Å². The van der Waals surface area contributed by atoms with E-state index in [1.807, 2.05) is 38.1 Å². The number of ether oxygens (including phenoxy) is 1. The maximum atomic E-state index is 12.2. The third-order valence-electron chi connectivity index (χ3n) is 3.27. The molecule has 0 radical (unpaired) electrons. The molecule has 0 aliphatic carbocycles. The van der Waals surface area contributed by atoms with Crippen molar-refractivity contribution in [1.82, 2.24) is 4.57 Å². The molecule has 2 rings (SSSR count). The number of halogens is 1. The summed E-state index contributed by atoms with van der Waals surface area (Å²) in [7, 11) is 0. The van der Waals surface area contributed by atoms with E-state index in [1.54, 1.807) is 16.7 Å². The van der Waals surface area contributed by atoms with Gasteiger partial charge in [-0.2, -0.15) is 0 Å². The monoisotopic (exact) mass is 303 g/mol. The summed E-state index contributed by atoms with van der Waals surface area (Å²) in [4.78, 5) is 12.2. The van der Waals surface area contributed by atoms with E-state index in [1.165, 1.54) is 0 Å². The number of aromatic nitrogens is 1. The molecule has 3 nitrogen and oxygen atoms in total. The summed E-state index contributed by atoms with van der Waals surface area (Å²) in [6, 6.07) is 9.21. The minimum Gasteiger partial charge on any atom is -0.490 e. The average molecular weight is 304 g/mol. The van der Waals surface area contributed by atoms with Crippen molar-refractivity contribution in [3.05, 3.63) is 63.9 Å². The second kappa shape index (κ2) is 6.64. The Balaban J connectivity index is 2.50. The number of pyridine rings is 1. The molecule has 1 heterocycles. The lowest BCUT2D eigenvalue weighted by Gasteiger charge is -2.14. The molecule has 0 saturated heterocycles. The van der Waals surface area contributed by atoms with Crippen molar-refractivity contribution < 1.29 is 4.74 Å². The predicted octanol–water partition coefficient (Wildman–Crippen LogP) is 4.06. The minimum atomic E-state index is 0.0121. The maximum Gasteiger partial charge on any atom is 0.253 e. The molecular weight excluding hydrogens is 286 g/mol. The van der Waals surface area contributed by atoms with E-state index in [4.69, 9.17) is 16.3 Å². The number of nitrogens with zero attached hydrogens (tertiary/aromatic N) is 1. The van der Waals surface area contributed by atoms with Gasteiger partial charge in [0.05, 0.1) is 10.7 Å². The van der Waals surface area contributed by atoms with E-state index in [2.05, 4.69) is 6.58 Å². The maximum absolute atomic E-state index is 12.2. The number of rotatable bonds is 5. The summed E-state index contributed by atoms with van der Waals surface area (Å²) in [5.74, 6) is 0.682. The molecule has 0 bridgehead atoms. The fraction of sp³-hybridized carbons (Fsp3) is 0.235. The van der Waals surface area contributed by atoms with Gasteiger partial charge in [0.2, 0.25) is 0 Å². The number of hydrogen-bond acceptors (Lipinski definition) is 2. The zero-order valence-corrected chi connectivity index (χ0v) is 13.0. The smallest absolute Gasteiger partial charge is 0.253 e. The highest BCUT2D eigenvalue weighted by molar-refractivity contribution is 6.33. The molecule has 0 saturated carbocycles. The van der Waals surface area contributed by atoms with Crippen molar-refractivity contribution in [2.75, 3.05) is 6.61 Å². The number of aryl methyl sites for hydroxylation is 1. The van der Waals surface area contributed by atoms with Crippen molar-refractivity contribution in [2.24, 2.45) is 0 Å². The third-order valence-corrected chi connectivity index (χ3v) is 3.58. The van der Waals surface area contributed by atoms with Gasteiger partial charge in [0.1, 0.15) is 12.4 Å². The van der Waals surface area contributed by atoms with Crippen LogP contribution in [-0.4, -0.2) is 11.2 Å². The van der Waals surface area contributed by atoms with Gasteiger partial charge in [-0.05, 0) is 38.1 Å². The van der Waals surface area contributed by atoms with Crippen LogP contribution in [0.3, 0.4) is 0 Å². The summed E-state index contributed by atoms with van der Waals surface area (Å²) in [5, 5.41) is 0.557. The van der Waals surface area contributed by atoms with Crippen LogP contribution in [0.15, 0.2) is 47.8 Å². The standard InChI is InChI=1S/C17H18ClNO2/c1-4-10-21-13-7-8-14(15(18)11-13)16-9-6-12(3)17(20)19(16)5-2/h4,6-9,11H,1,5,10H2,2-3H3. The van der Waals surface area contributed by atoms with Crippen molar-refractivity contribution in [2.45, 2.75) is 20.4 Å². The van der Waals surface area contributed by atoms with Crippen molar-refractivity contribution >= 4 is 11.6 Å². The van der Waals surface area contributed by atoms with Crippen molar-refractivity contribution in [3.8, 4) is 17.0 Å². The number of hydrogen-bond donors (Lipinski definition) is 0. The van der Waals surface area contributed by atoms with Crippen LogP contribution in [0.4, 0.5) is 0 Å². The number of benzene rings is 1. The molecule has 0 N–H and O–H groups in total. The Bertz CT molecular complexity index is 719. The van der Waals surface area contributed by atoms with Gasteiger partial charge >= 0.3 is 0 Å². The van der Waals surface area contributed by atoms with Gasteiger partial charge in [-0.1, -0.05) is 30.3 Å². The summed E-state index contributed by atoms with van der Waals surface area (Å²) < 4.78 is 7.18. The molecule has 0 unspecified atom stereocenters. The third kappa shape index (κ3) is 3.19. The van der Waals surface area contributed by atoms with Crippen LogP contribution < -0.4 is 10.3 Å². The summed E-state index contributed by atoms with van der Waals surface area (Å²) in [6.45, 7) is 8.39. The molecule has 110 valence electrons. The highest BCUT2D eigenvalue weighted by Gasteiger charge is 2.11. The molecule has 0 spiro atoms. The van der Waals surface area contributed by atoms with E-state index < -0.39 is 0 Å². The van der Waals surface area contributed by atoms with Gasteiger partial charge in [0.15, 0.2) is 0 Å². The van der Waals surface area contributed by atoms with Crippen LogP contribution in [0.25, 0.3) is 11.3 Å². The normalized spacial score (nSPS) is 10.4. The van der Waals surface area contributed by atoms with Crippen LogP contribution in [0.2, 0.25) is 5.02 Å². The first-order chi connectivity index (χ1) is 10.1. The van der Waals surface area contributed by atoms with E-state index in [0.29, 0.717) is 23.9 Å². The van der Waals surface area contributed by atoms with Gasteiger partial charge in [0, 0.05) is 17.7 Å². The van der Waals surface area contributed by atoms with Crippen molar-refractivity contribution in [3.63, 3.8) is 0 Å². The van der Waals surface area contributed by atoms with Gasteiger partial charge in [-0.3, -0.25) is 4.79 Å². The molecule has 0 atom stereocenters. The highest BCUT2D eigenvalue weighted by atomic mass is 35.5. The van der Waals surface area contributed by atoms with Crippen molar-refractivity contribution in [1.29, 1.82) is 0 Å². The molecule has 4 heteroatoms. The topological polar surface area (TPSA) is 31.2 Å². The Labute approximate surface area is 129 Å². The summed E-state index contributed by atoms with van der Waals surface area (Å²) >= 11 is 6.34. The van der Waals surface area contributed by atoms with Crippen LogP contribution >= 0.6 is 11.6 Å². The first kappa shape index (κ1) is 15.4. The zero-order chi connectivity index (χ0) is 15.4. The second-order valence-electron chi connectivity index (χ2n) is 4.69. The van der Waals surface area contributed by atoms with Gasteiger partial charge in [0.25, 0.3) is 5.56 Å². The lowest BCUT2D eigenvalue weighted by molar-refractivity contribution is 0.363. The second-order valence-corrected chi connectivity index (χ2v) is 5.10. The first-order valence-corrected chi connectivity index (χ1v) is 7.20. The molecule has 0 amide bonds. The van der Waals surface area contributed by atoms with Gasteiger partial charge < -0.3 is 9.30 Å². The van der Waals surface area contributed by atoms with E-state index in [9.17, 15) is 4.79 Å². The van der Waals surface area contributed by atoms with E-state index >= 15 is 0 Å². The molecule has 1 aromatic carbocycles. The van der Waals surface area contributed by atoms with E-state index in [-0.39, 0.29) is 5.56 Å². The van der Waals surface area contributed by atoms with Gasteiger partial charge in [-0.15, -0.1) is 0 Å². The fourth-order valence-corrected chi connectivity index (χ4v) is 2.45. The zero-order valence-electron chi connectivity index (χ0n) is 12.2. The quantitative estimate of drug-likeness (QED) is 0.780. The molecule has 1 aromatic heterocycles. The average Bonchev–Trinajstić information content (AvgIpc) is 2.48. The van der Waals surface area contributed by atoms with Crippen LogP contribution in [0.5, 0.6) is 5.75 Å². The first-order valence-electron chi connectivity index (χ1n) is 6.82. The minimum absolute atomic E-state index is 0.0121. The fourth-order valence-electron chi connectivity index (χ4n) is 2.19. The Kier molecular flexibility index (Phi) is 4.86. The van der Waals surface area contributed by atoms with Crippen LogP contribution in [0.1, 0.15) is 12.5 Å². The molecule has 0 aliphatic heterocycles. The lowest BCUT2D eigenvalue weighted by Crippen LogP contribution is -2.22. The Morgan fingerprint density at radius 1 is 1.33 bits per heavy atom. The lowest BCUT2D eigenvalue weighted by atomic mass is 10.1.